The largest absolute Gasteiger partial charge is 0.376 e. The molecule has 1 aliphatic rings. The summed E-state index contributed by atoms with van der Waals surface area (Å²) in [4.78, 5) is 39.2. The third kappa shape index (κ3) is 5.45. The number of aryl methyl sites for hydroxylation is 2. The SMILES string of the molecule is O=C(Cn1c(-c2ccccc2)nc2c(c1=O)N[C@H](CCc1ccccc1)CC2)NCc1cc2cnccc2[nH]1. The maximum absolute atomic E-state index is 13.8. The molecule has 0 fully saturated rings. The molecule has 8 heteroatoms. The molecule has 3 aromatic heterocycles. The first kappa shape index (κ1) is 24.6. The number of hydrogen-bond donors (Lipinski definition) is 3. The number of hydrogen-bond acceptors (Lipinski definition) is 5. The van der Waals surface area contributed by atoms with Gasteiger partial charge in [-0.1, -0.05) is 60.7 Å². The van der Waals surface area contributed by atoms with Crippen LogP contribution in [0.5, 0.6) is 0 Å². The zero-order valence-electron chi connectivity index (χ0n) is 21.6. The van der Waals surface area contributed by atoms with Gasteiger partial charge in [-0.15, -0.1) is 0 Å². The zero-order chi connectivity index (χ0) is 26.6. The van der Waals surface area contributed by atoms with E-state index in [0.29, 0.717) is 18.1 Å². The monoisotopic (exact) mass is 518 g/mol. The standard InChI is InChI=1S/C31H30N6O2/c38-28(33-19-25-17-23-18-32-16-15-26(23)34-25)20-37-30(22-9-5-2-6-10-22)36-27-14-13-24(35-29(27)31(37)39)12-11-21-7-3-1-4-8-21/h1-10,15-18,24,34-35H,11-14,19-20H2,(H,33,38)/t24-/m1/s1. The number of rotatable bonds is 8. The van der Waals surface area contributed by atoms with Crippen LogP contribution in [0.2, 0.25) is 0 Å². The normalized spacial score (nSPS) is 14.5. The molecule has 0 bridgehead atoms. The minimum atomic E-state index is -0.260. The fraction of sp³-hybridized carbons (Fsp3) is 0.226. The second kappa shape index (κ2) is 10.9. The van der Waals surface area contributed by atoms with Gasteiger partial charge in [0.15, 0.2) is 0 Å². The minimum absolute atomic E-state index is 0.124. The number of aromatic nitrogens is 4. The van der Waals surface area contributed by atoms with Crippen molar-refractivity contribution in [1.82, 2.24) is 24.8 Å². The zero-order valence-corrected chi connectivity index (χ0v) is 21.6. The first-order valence-corrected chi connectivity index (χ1v) is 13.3. The molecule has 5 aromatic rings. The minimum Gasteiger partial charge on any atom is -0.376 e. The van der Waals surface area contributed by atoms with Crippen LogP contribution in [-0.2, 0) is 30.7 Å². The number of benzene rings is 2. The summed E-state index contributed by atoms with van der Waals surface area (Å²) >= 11 is 0. The van der Waals surface area contributed by atoms with Crippen molar-refractivity contribution in [3.05, 3.63) is 112 Å². The highest BCUT2D eigenvalue weighted by molar-refractivity contribution is 5.80. The molecule has 8 nitrogen and oxygen atoms in total. The predicted octanol–water partition coefficient (Wildman–Crippen LogP) is 4.46. The number of amides is 1. The summed E-state index contributed by atoms with van der Waals surface area (Å²) in [6, 6.07) is 24.0. The van der Waals surface area contributed by atoms with Crippen molar-refractivity contribution in [2.24, 2.45) is 0 Å². The molecule has 0 unspecified atom stereocenters. The third-order valence-corrected chi connectivity index (χ3v) is 7.23. The molecule has 39 heavy (non-hydrogen) atoms. The maximum Gasteiger partial charge on any atom is 0.277 e. The van der Waals surface area contributed by atoms with Gasteiger partial charge in [0.05, 0.1) is 12.2 Å². The molecule has 1 amide bonds. The van der Waals surface area contributed by atoms with Crippen molar-refractivity contribution in [2.75, 3.05) is 5.32 Å². The first-order valence-electron chi connectivity index (χ1n) is 13.3. The van der Waals surface area contributed by atoms with Crippen molar-refractivity contribution in [3.63, 3.8) is 0 Å². The molecule has 0 aliphatic carbocycles. The fourth-order valence-corrected chi connectivity index (χ4v) is 5.19. The Hall–Kier alpha value is -4.72. The number of H-pyrrole nitrogens is 1. The summed E-state index contributed by atoms with van der Waals surface area (Å²) in [5.41, 5.74) is 4.97. The molecule has 196 valence electrons. The number of carbonyl (C=O) groups excluding carboxylic acids is 1. The Balaban J connectivity index is 1.23. The van der Waals surface area contributed by atoms with E-state index in [1.807, 2.05) is 60.7 Å². The first-order chi connectivity index (χ1) is 19.1. The molecule has 1 aliphatic heterocycles. The van der Waals surface area contributed by atoms with Gasteiger partial charge in [-0.2, -0.15) is 0 Å². The quantitative estimate of drug-likeness (QED) is 0.281. The summed E-state index contributed by atoms with van der Waals surface area (Å²) in [5, 5.41) is 7.39. The molecule has 6 rings (SSSR count). The Kier molecular flexibility index (Phi) is 6.91. The van der Waals surface area contributed by atoms with Gasteiger partial charge >= 0.3 is 0 Å². The fourth-order valence-electron chi connectivity index (χ4n) is 5.19. The van der Waals surface area contributed by atoms with E-state index in [2.05, 4.69) is 32.7 Å². The lowest BCUT2D eigenvalue weighted by molar-refractivity contribution is -0.121. The van der Waals surface area contributed by atoms with Gasteiger partial charge in [0.2, 0.25) is 5.91 Å². The number of aromatic amines is 1. The smallest absolute Gasteiger partial charge is 0.277 e. The van der Waals surface area contributed by atoms with E-state index in [4.69, 9.17) is 4.98 Å². The van der Waals surface area contributed by atoms with E-state index in [9.17, 15) is 9.59 Å². The topological polar surface area (TPSA) is 105 Å². The van der Waals surface area contributed by atoms with E-state index < -0.39 is 0 Å². The van der Waals surface area contributed by atoms with Crippen LogP contribution < -0.4 is 16.2 Å². The summed E-state index contributed by atoms with van der Waals surface area (Å²) < 4.78 is 1.49. The molecule has 4 heterocycles. The number of fused-ring (bicyclic) bond motifs is 2. The lowest BCUT2D eigenvalue weighted by Gasteiger charge is -2.27. The van der Waals surface area contributed by atoms with Crippen LogP contribution in [0, 0.1) is 0 Å². The van der Waals surface area contributed by atoms with Gasteiger partial charge in [0, 0.05) is 40.6 Å². The van der Waals surface area contributed by atoms with Gasteiger partial charge < -0.3 is 15.6 Å². The summed E-state index contributed by atoms with van der Waals surface area (Å²) in [7, 11) is 0. The second-order valence-electron chi connectivity index (χ2n) is 9.95. The molecule has 0 radical (unpaired) electrons. The second-order valence-corrected chi connectivity index (χ2v) is 9.95. The highest BCUT2D eigenvalue weighted by atomic mass is 16.2. The van der Waals surface area contributed by atoms with Crippen molar-refractivity contribution < 1.29 is 4.79 Å². The highest BCUT2D eigenvalue weighted by Crippen LogP contribution is 2.26. The third-order valence-electron chi connectivity index (χ3n) is 7.23. The van der Waals surface area contributed by atoms with Crippen LogP contribution in [0.3, 0.4) is 0 Å². The summed E-state index contributed by atoms with van der Waals surface area (Å²) in [6.45, 7) is 0.197. The highest BCUT2D eigenvalue weighted by Gasteiger charge is 2.25. The molecule has 0 saturated heterocycles. The molecular weight excluding hydrogens is 488 g/mol. The molecule has 2 aromatic carbocycles. The predicted molar refractivity (Wildman–Crippen MR) is 152 cm³/mol. The van der Waals surface area contributed by atoms with Crippen molar-refractivity contribution in [3.8, 4) is 11.4 Å². The van der Waals surface area contributed by atoms with Gasteiger partial charge in [0.1, 0.15) is 18.1 Å². The Morgan fingerprint density at radius 2 is 1.85 bits per heavy atom. The average molecular weight is 519 g/mol. The molecule has 0 spiro atoms. The van der Waals surface area contributed by atoms with Crippen molar-refractivity contribution >= 4 is 22.5 Å². The van der Waals surface area contributed by atoms with Crippen LogP contribution in [0.15, 0.2) is 90.0 Å². The Morgan fingerprint density at radius 1 is 1.05 bits per heavy atom. The van der Waals surface area contributed by atoms with Crippen LogP contribution in [0.4, 0.5) is 5.69 Å². The van der Waals surface area contributed by atoms with E-state index in [1.54, 1.807) is 12.4 Å². The van der Waals surface area contributed by atoms with E-state index in [-0.39, 0.29) is 24.1 Å². The lowest BCUT2D eigenvalue weighted by Crippen LogP contribution is -2.38. The molecule has 1 atom stereocenters. The Bertz CT molecular complexity index is 1630. The van der Waals surface area contributed by atoms with Gasteiger partial charge in [-0.05, 0) is 43.4 Å². The number of carbonyl (C=O) groups is 1. The average Bonchev–Trinajstić information content (AvgIpc) is 3.41. The van der Waals surface area contributed by atoms with Crippen LogP contribution in [0.25, 0.3) is 22.3 Å². The Labute approximate surface area is 226 Å². The van der Waals surface area contributed by atoms with E-state index >= 15 is 0 Å². The van der Waals surface area contributed by atoms with E-state index in [0.717, 1.165) is 53.5 Å². The number of nitrogens with one attached hydrogen (secondary N) is 3. The van der Waals surface area contributed by atoms with Crippen LogP contribution in [0.1, 0.15) is 29.8 Å². The van der Waals surface area contributed by atoms with Crippen molar-refractivity contribution in [1.29, 1.82) is 0 Å². The number of pyridine rings is 1. The van der Waals surface area contributed by atoms with Gasteiger partial charge in [-0.3, -0.25) is 19.1 Å². The van der Waals surface area contributed by atoms with Crippen LogP contribution >= 0.6 is 0 Å². The summed E-state index contributed by atoms with van der Waals surface area (Å²) in [5.74, 6) is 0.250. The Morgan fingerprint density at radius 3 is 2.64 bits per heavy atom. The van der Waals surface area contributed by atoms with E-state index in [1.165, 1.54) is 10.1 Å². The van der Waals surface area contributed by atoms with Crippen molar-refractivity contribution in [2.45, 2.75) is 44.8 Å². The molecule has 3 N–H and O–H groups in total. The molecular formula is C31H30N6O2. The molecule has 0 saturated carbocycles. The van der Waals surface area contributed by atoms with Gasteiger partial charge in [0.25, 0.3) is 5.56 Å². The lowest BCUT2D eigenvalue weighted by atomic mass is 9.97. The number of nitrogens with zero attached hydrogens (tertiary/aromatic N) is 3. The summed E-state index contributed by atoms with van der Waals surface area (Å²) in [6.07, 6.45) is 6.99. The number of anilines is 1. The van der Waals surface area contributed by atoms with Crippen LogP contribution in [-0.4, -0.2) is 31.5 Å². The van der Waals surface area contributed by atoms with Gasteiger partial charge in [-0.25, -0.2) is 4.98 Å². The maximum atomic E-state index is 13.8.